The summed E-state index contributed by atoms with van der Waals surface area (Å²) < 4.78 is 11.3. The van der Waals surface area contributed by atoms with Crippen molar-refractivity contribution in [3.05, 3.63) is 46.4 Å². The summed E-state index contributed by atoms with van der Waals surface area (Å²) >= 11 is 3.28. The van der Waals surface area contributed by atoms with Crippen molar-refractivity contribution in [1.29, 1.82) is 0 Å². The molecule has 0 aliphatic carbocycles. The molecule has 2 aromatic rings. The minimum absolute atomic E-state index is 0.176. The van der Waals surface area contributed by atoms with Crippen molar-refractivity contribution in [1.82, 2.24) is 0 Å². The Hall–Kier alpha value is -1.70. The van der Waals surface area contributed by atoms with Crippen LogP contribution in [0, 0.1) is 6.92 Å². The Kier molecular flexibility index (Phi) is 8.67. The van der Waals surface area contributed by atoms with Crippen molar-refractivity contribution in [3.8, 4) is 17.2 Å². The molecule has 0 aromatic heterocycles. The molecule has 5 nitrogen and oxygen atoms in total. The van der Waals surface area contributed by atoms with Gasteiger partial charge in [-0.3, -0.25) is 0 Å². The Labute approximate surface area is 151 Å². The highest BCUT2D eigenvalue weighted by Gasteiger charge is 2.12. The molecule has 0 saturated heterocycles. The van der Waals surface area contributed by atoms with Crippen molar-refractivity contribution in [2.75, 3.05) is 13.2 Å². The van der Waals surface area contributed by atoms with Gasteiger partial charge in [0.25, 0.3) is 0 Å². The van der Waals surface area contributed by atoms with E-state index in [4.69, 9.17) is 19.5 Å². The molecule has 130 valence electrons. The van der Waals surface area contributed by atoms with Crippen LogP contribution in [-0.4, -0.2) is 35.5 Å². The first-order valence-corrected chi connectivity index (χ1v) is 8.39. The fraction of sp³-hybridized carbons (Fsp3) is 0.294. The van der Waals surface area contributed by atoms with Gasteiger partial charge in [-0.2, -0.15) is 0 Å². The average Bonchev–Trinajstić information content (AvgIpc) is 2.54. The van der Waals surface area contributed by atoms with Gasteiger partial charge in [0.15, 0.2) is 11.5 Å². The maximum atomic E-state index is 9.22. The average molecular weight is 397 g/mol. The highest BCUT2D eigenvalue weighted by molar-refractivity contribution is 9.10. The van der Waals surface area contributed by atoms with E-state index < -0.39 is 7.12 Å². The lowest BCUT2D eigenvalue weighted by molar-refractivity contribution is 0.318. The Morgan fingerprint density at radius 2 is 1.58 bits per heavy atom. The molecule has 0 bridgehead atoms. The molecule has 0 heterocycles. The molecule has 0 amide bonds. The predicted octanol–water partition coefficient (Wildman–Crippen LogP) is 2.63. The van der Waals surface area contributed by atoms with Crippen LogP contribution in [0.5, 0.6) is 17.2 Å². The van der Waals surface area contributed by atoms with E-state index in [1.165, 1.54) is 0 Å². The summed E-state index contributed by atoms with van der Waals surface area (Å²) in [4.78, 5) is 0. The predicted molar refractivity (Wildman–Crippen MR) is 99.1 cm³/mol. The molecule has 0 spiro atoms. The first-order chi connectivity index (χ1) is 11.4. The summed E-state index contributed by atoms with van der Waals surface area (Å²) in [5.41, 5.74) is 1.44. The topological polar surface area (TPSA) is 79.2 Å². The third-order valence-corrected chi connectivity index (χ3v) is 3.53. The molecule has 0 radical (unpaired) electrons. The highest BCUT2D eigenvalue weighted by Crippen LogP contribution is 2.28. The zero-order chi connectivity index (χ0) is 18.1. The van der Waals surface area contributed by atoms with Crippen LogP contribution in [0.4, 0.5) is 0 Å². The fourth-order valence-electron chi connectivity index (χ4n) is 1.85. The molecular weight excluding hydrogens is 375 g/mol. The van der Waals surface area contributed by atoms with Crippen LogP contribution in [-0.2, 0) is 0 Å². The molecule has 2 aromatic carbocycles. The lowest BCUT2D eigenvalue weighted by Crippen LogP contribution is -2.29. The third kappa shape index (κ3) is 6.43. The van der Waals surface area contributed by atoms with E-state index in [1.54, 1.807) is 36.4 Å². The first kappa shape index (κ1) is 20.3. The number of hydrogen-bond donors (Lipinski definition) is 3. The second kappa shape index (κ2) is 10.2. The number of ether oxygens (including phenoxy) is 2. The van der Waals surface area contributed by atoms with E-state index in [9.17, 15) is 5.11 Å². The van der Waals surface area contributed by atoms with Crippen molar-refractivity contribution < 1.29 is 24.6 Å². The second-order valence-corrected chi connectivity index (χ2v) is 5.79. The monoisotopic (exact) mass is 396 g/mol. The number of phenolic OH excluding ortho intramolecular Hbond substituents is 1. The van der Waals surface area contributed by atoms with Gasteiger partial charge in [0.05, 0.1) is 13.2 Å². The van der Waals surface area contributed by atoms with E-state index >= 15 is 0 Å². The van der Waals surface area contributed by atoms with Gasteiger partial charge in [-0.15, -0.1) is 0 Å². The Morgan fingerprint density at radius 3 is 2.17 bits per heavy atom. The summed E-state index contributed by atoms with van der Waals surface area (Å²) in [5, 5.41) is 27.0. The summed E-state index contributed by atoms with van der Waals surface area (Å²) in [6.07, 6.45) is 0. The van der Waals surface area contributed by atoms with Gasteiger partial charge < -0.3 is 24.6 Å². The second-order valence-electron chi connectivity index (χ2n) is 4.88. The van der Waals surface area contributed by atoms with Gasteiger partial charge in [0.1, 0.15) is 5.75 Å². The summed E-state index contributed by atoms with van der Waals surface area (Å²) in [5.74, 6) is 1.39. The van der Waals surface area contributed by atoms with Crippen molar-refractivity contribution >= 4 is 28.5 Å². The number of benzene rings is 2. The minimum Gasteiger partial charge on any atom is -0.504 e. The van der Waals surface area contributed by atoms with E-state index in [0.717, 1.165) is 10.0 Å². The Morgan fingerprint density at radius 1 is 0.958 bits per heavy atom. The maximum absolute atomic E-state index is 9.22. The minimum atomic E-state index is -1.43. The van der Waals surface area contributed by atoms with Gasteiger partial charge in [-0.25, -0.2) is 0 Å². The van der Waals surface area contributed by atoms with Crippen LogP contribution in [0.2, 0.25) is 0 Å². The largest absolute Gasteiger partial charge is 0.504 e. The summed E-state index contributed by atoms with van der Waals surface area (Å²) in [6, 6.07) is 10.2. The Bertz CT molecular complexity index is 649. The molecule has 0 unspecified atom stereocenters. The SMILES string of the molecule is CCOc1cc(B(O)O)ccc1C.CCOc1cc(Br)ccc1O. The van der Waals surface area contributed by atoms with Crippen molar-refractivity contribution in [2.24, 2.45) is 0 Å². The number of halogens is 1. The molecule has 7 heteroatoms. The van der Waals surface area contributed by atoms with Gasteiger partial charge in [0, 0.05) is 4.47 Å². The lowest BCUT2D eigenvalue weighted by Gasteiger charge is -2.08. The molecular formula is C17H22BBrO5. The summed E-state index contributed by atoms with van der Waals surface area (Å²) in [6.45, 7) is 6.82. The van der Waals surface area contributed by atoms with Gasteiger partial charge in [0.2, 0.25) is 0 Å². The zero-order valence-electron chi connectivity index (χ0n) is 14.0. The standard InChI is InChI=1S/C9H13BO3.C8H9BrO2/c1-3-13-9-6-8(10(11)12)5-4-7(9)2;1-2-11-8-5-6(9)3-4-7(8)10/h4-6,11-12H,3H2,1-2H3;3-5,10H,2H2,1H3. The van der Waals surface area contributed by atoms with Gasteiger partial charge in [-0.1, -0.05) is 28.1 Å². The molecule has 0 fully saturated rings. The normalized spacial score (nSPS) is 9.75. The first-order valence-electron chi connectivity index (χ1n) is 7.59. The van der Waals surface area contributed by atoms with E-state index in [1.807, 2.05) is 20.8 Å². The molecule has 3 N–H and O–H groups in total. The molecule has 24 heavy (non-hydrogen) atoms. The van der Waals surface area contributed by atoms with Gasteiger partial charge in [-0.05, 0) is 56.1 Å². The molecule has 0 saturated carbocycles. The van der Waals surface area contributed by atoms with Crippen LogP contribution < -0.4 is 14.9 Å². The molecule has 0 atom stereocenters. The van der Waals surface area contributed by atoms with Crippen LogP contribution in [0.1, 0.15) is 19.4 Å². The van der Waals surface area contributed by atoms with Crippen LogP contribution >= 0.6 is 15.9 Å². The number of aryl methyl sites for hydroxylation is 1. The van der Waals surface area contributed by atoms with E-state index in [-0.39, 0.29) is 5.75 Å². The number of hydrogen-bond acceptors (Lipinski definition) is 5. The maximum Gasteiger partial charge on any atom is 0.488 e. The van der Waals surface area contributed by atoms with Crippen molar-refractivity contribution in [3.63, 3.8) is 0 Å². The number of phenols is 1. The molecule has 0 aliphatic heterocycles. The lowest BCUT2D eigenvalue weighted by atomic mass is 9.80. The van der Waals surface area contributed by atoms with Crippen molar-refractivity contribution in [2.45, 2.75) is 20.8 Å². The zero-order valence-corrected chi connectivity index (χ0v) is 15.6. The fourth-order valence-corrected chi connectivity index (χ4v) is 2.19. The Balaban J connectivity index is 0.000000243. The highest BCUT2D eigenvalue weighted by atomic mass is 79.9. The third-order valence-electron chi connectivity index (χ3n) is 3.03. The number of aromatic hydroxyl groups is 1. The number of rotatable bonds is 5. The van der Waals surface area contributed by atoms with Crippen LogP contribution in [0.15, 0.2) is 40.9 Å². The van der Waals surface area contributed by atoms with E-state index in [2.05, 4.69) is 15.9 Å². The van der Waals surface area contributed by atoms with E-state index in [0.29, 0.717) is 30.2 Å². The molecule has 2 rings (SSSR count). The molecule has 0 aliphatic rings. The summed E-state index contributed by atoms with van der Waals surface area (Å²) in [7, 11) is -1.43. The van der Waals surface area contributed by atoms with Gasteiger partial charge >= 0.3 is 7.12 Å². The quantitative estimate of drug-likeness (QED) is 0.677. The smallest absolute Gasteiger partial charge is 0.488 e. The van der Waals surface area contributed by atoms with Crippen LogP contribution in [0.3, 0.4) is 0 Å². The van der Waals surface area contributed by atoms with Crippen LogP contribution in [0.25, 0.3) is 0 Å².